The van der Waals surface area contributed by atoms with Gasteiger partial charge in [0.05, 0.1) is 19.7 Å². The number of carbonyl (C=O) groups excluding carboxylic acids is 1. The number of nitrogens with zero attached hydrogens (tertiary/aromatic N) is 1. The number of amides is 1. The minimum atomic E-state index is -0.141. The summed E-state index contributed by atoms with van der Waals surface area (Å²) in [5, 5.41) is 0. The lowest BCUT2D eigenvalue weighted by molar-refractivity contribution is -0.171. The molecule has 98 valence electrons. The molecule has 0 aromatic rings. The first-order valence-corrected chi connectivity index (χ1v) is 6.20. The van der Waals surface area contributed by atoms with Crippen LogP contribution in [0.1, 0.15) is 13.3 Å². The Labute approximate surface area is 102 Å². The van der Waals surface area contributed by atoms with Gasteiger partial charge in [0.25, 0.3) is 0 Å². The molecule has 1 spiro atoms. The molecule has 5 nitrogen and oxygen atoms in total. The molecule has 0 aromatic heterocycles. The maximum absolute atomic E-state index is 11.7. The minimum Gasteiger partial charge on any atom is -0.384 e. The number of carbonyl (C=O) groups is 1. The van der Waals surface area contributed by atoms with E-state index >= 15 is 0 Å². The third kappa shape index (κ3) is 2.46. The average molecular weight is 243 g/mol. The molecule has 1 atom stereocenters. The molecule has 0 saturated carbocycles. The zero-order valence-corrected chi connectivity index (χ0v) is 10.6. The van der Waals surface area contributed by atoms with Gasteiger partial charge in [0.2, 0.25) is 5.91 Å². The predicted octanol–water partition coefficient (Wildman–Crippen LogP) is 0.287. The Hall–Kier alpha value is -0.650. The van der Waals surface area contributed by atoms with Gasteiger partial charge < -0.3 is 19.1 Å². The standard InChI is InChI=1S/C12H21NO4/c1-3-16-7-11(14)13-8-12(9-13)10(6-15-2)4-5-17-12/h10H,3-9H2,1-2H3. The Bertz CT molecular complexity index is 276. The van der Waals surface area contributed by atoms with Crippen LogP contribution in [0.25, 0.3) is 0 Å². The van der Waals surface area contributed by atoms with E-state index in [4.69, 9.17) is 14.2 Å². The highest BCUT2D eigenvalue weighted by Gasteiger charge is 2.54. The summed E-state index contributed by atoms with van der Waals surface area (Å²) in [6, 6.07) is 0. The minimum absolute atomic E-state index is 0.0594. The zero-order chi connectivity index (χ0) is 12.3. The monoisotopic (exact) mass is 243 g/mol. The molecule has 2 aliphatic rings. The highest BCUT2D eigenvalue weighted by Crippen LogP contribution is 2.39. The van der Waals surface area contributed by atoms with Crippen molar-refractivity contribution in [2.24, 2.45) is 5.92 Å². The van der Waals surface area contributed by atoms with Crippen molar-refractivity contribution in [3.63, 3.8) is 0 Å². The van der Waals surface area contributed by atoms with E-state index in [9.17, 15) is 4.79 Å². The molecular weight excluding hydrogens is 222 g/mol. The van der Waals surface area contributed by atoms with E-state index in [1.165, 1.54) is 0 Å². The molecule has 2 heterocycles. The molecule has 0 bridgehead atoms. The molecule has 0 N–H and O–H groups in total. The van der Waals surface area contributed by atoms with Crippen LogP contribution in [0.15, 0.2) is 0 Å². The topological polar surface area (TPSA) is 48.0 Å². The number of ether oxygens (including phenoxy) is 3. The molecule has 1 amide bonds. The summed E-state index contributed by atoms with van der Waals surface area (Å²) in [7, 11) is 1.71. The van der Waals surface area contributed by atoms with Crippen LogP contribution in [0.4, 0.5) is 0 Å². The maximum atomic E-state index is 11.7. The summed E-state index contributed by atoms with van der Waals surface area (Å²) in [5.74, 6) is 0.479. The van der Waals surface area contributed by atoms with Gasteiger partial charge in [-0.3, -0.25) is 4.79 Å². The van der Waals surface area contributed by atoms with Gasteiger partial charge in [-0.25, -0.2) is 0 Å². The van der Waals surface area contributed by atoms with Crippen molar-refractivity contribution in [2.45, 2.75) is 18.9 Å². The quantitative estimate of drug-likeness (QED) is 0.696. The van der Waals surface area contributed by atoms with E-state index < -0.39 is 0 Å². The van der Waals surface area contributed by atoms with Crippen LogP contribution in [0.5, 0.6) is 0 Å². The molecule has 0 aromatic carbocycles. The molecule has 2 aliphatic heterocycles. The van der Waals surface area contributed by atoms with Crippen molar-refractivity contribution in [3.05, 3.63) is 0 Å². The van der Waals surface area contributed by atoms with Crippen molar-refractivity contribution in [1.82, 2.24) is 4.90 Å². The SMILES string of the molecule is CCOCC(=O)N1CC2(C1)OCCC2COC. The largest absolute Gasteiger partial charge is 0.384 e. The van der Waals surface area contributed by atoms with Gasteiger partial charge in [-0.2, -0.15) is 0 Å². The third-order valence-electron chi connectivity index (χ3n) is 3.67. The van der Waals surface area contributed by atoms with E-state index in [-0.39, 0.29) is 18.1 Å². The van der Waals surface area contributed by atoms with E-state index in [0.29, 0.717) is 32.2 Å². The fraction of sp³-hybridized carbons (Fsp3) is 0.917. The Morgan fingerprint density at radius 1 is 1.53 bits per heavy atom. The van der Waals surface area contributed by atoms with Gasteiger partial charge in [0.1, 0.15) is 12.2 Å². The first-order valence-electron chi connectivity index (χ1n) is 6.20. The average Bonchev–Trinajstić information content (AvgIpc) is 2.68. The summed E-state index contributed by atoms with van der Waals surface area (Å²) in [6.45, 7) is 5.52. The second-order valence-corrected chi connectivity index (χ2v) is 4.74. The van der Waals surface area contributed by atoms with Crippen LogP contribution in [0, 0.1) is 5.92 Å². The Morgan fingerprint density at radius 3 is 2.94 bits per heavy atom. The Balaban J connectivity index is 1.82. The fourth-order valence-electron chi connectivity index (χ4n) is 2.63. The smallest absolute Gasteiger partial charge is 0.248 e. The van der Waals surface area contributed by atoms with Crippen molar-refractivity contribution >= 4 is 5.91 Å². The van der Waals surface area contributed by atoms with Crippen molar-refractivity contribution in [1.29, 1.82) is 0 Å². The van der Waals surface area contributed by atoms with E-state index in [1.54, 1.807) is 7.11 Å². The summed E-state index contributed by atoms with van der Waals surface area (Å²) >= 11 is 0. The fourth-order valence-corrected chi connectivity index (χ4v) is 2.63. The number of rotatable bonds is 5. The third-order valence-corrected chi connectivity index (χ3v) is 3.67. The van der Waals surface area contributed by atoms with Crippen LogP contribution in [-0.2, 0) is 19.0 Å². The van der Waals surface area contributed by atoms with Gasteiger partial charge in [0, 0.05) is 26.2 Å². The van der Waals surface area contributed by atoms with Crippen molar-refractivity contribution in [3.8, 4) is 0 Å². The van der Waals surface area contributed by atoms with Crippen LogP contribution in [-0.4, -0.2) is 63.0 Å². The number of methoxy groups -OCH3 is 1. The first-order chi connectivity index (χ1) is 8.22. The maximum Gasteiger partial charge on any atom is 0.248 e. The summed E-state index contributed by atoms with van der Waals surface area (Å²) in [6.07, 6.45) is 1.03. The highest BCUT2D eigenvalue weighted by atomic mass is 16.5. The number of hydrogen-bond acceptors (Lipinski definition) is 4. The van der Waals surface area contributed by atoms with Crippen molar-refractivity contribution < 1.29 is 19.0 Å². The second-order valence-electron chi connectivity index (χ2n) is 4.74. The molecule has 2 rings (SSSR count). The molecule has 1 unspecified atom stereocenters. The lowest BCUT2D eigenvalue weighted by Crippen LogP contribution is -2.67. The Morgan fingerprint density at radius 2 is 2.29 bits per heavy atom. The van der Waals surface area contributed by atoms with E-state index in [2.05, 4.69) is 0 Å². The number of likely N-dealkylation sites (tertiary alicyclic amines) is 1. The van der Waals surface area contributed by atoms with Gasteiger partial charge in [0.15, 0.2) is 0 Å². The van der Waals surface area contributed by atoms with Crippen LogP contribution < -0.4 is 0 Å². The second kappa shape index (κ2) is 5.33. The number of hydrogen-bond donors (Lipinski definition) is 0. The molecule has 5 heteroatoms. The lowest BCUT2D eigenvalue weighted by atomic mass is 9.81. The van der Waals surface area contributed by atoms with Gasteiger partial charge in [-0.05, 0) is 13.3 Å². The highest BCUT2D eigenvalue weighted by molar-refractivity contribution is 5.78. The van der Waals surface area contributed by atoms with E-state index in [0.717, 1.165) is 13.0 Å². The molecular formula is C12H21NO4. The van der Waals surface area contributed by atoms with Crippen LogP contribution >= 0.6 is 0 Å². The molecule has 0 aliphatic carbocycles. The first kappa shape index (κ1) is 12.8. The van der Waals surface area contributed by atoms with Gasteiger partial charge in [-0.15, -0.1) is 0 Å². The van der Waals surface area contributed by atoms with Crippen molar-refractivity contribution in [2.75, 3.05) is 46.6 Å². The molecule has 2 saturated heterocycles. The summed E-state index contributed by atoms with van der Waals surface area (Å²) in [5.41, 5.74) is -0.141. The lowest BCUT2D eigenvalue weighted by Gasteiger charge is -2.50. The Kier molecular flexibility index (Phi) is 4.01. The van der Waals surface area contributed by atoms with Crippen LogP contribution in [0.3, 0.4) is 0 Å². The molecule has 2 fully saturated rings. The summed E-state index contributed by atoms with van der Waals surface area (Å²) in [4.78, 5) is 13.5. The van der Waals surface area contributed by atoms with Gasteiger partial charge in [-0.1, -0.05) is 0 Å². The predicted molar refractivity (Wildman–Crippen MR) is 61.7 cm³/mol. The molecule has 0 radical (unpaired) electrons. The normalized spacial score (nSPS) is 26.2. The van der Waals surface area contributed by atoms with E-state index in [1.807, 2.05) is 11.8 Å². The molecule has 17 heavy (non-hydrogen) atoms. The van der Waals surface area contributed by atoms with Crippen LogP contribution in [0.2, 0.25) is 0 Å². The zero-order valence-electron chi connectivity index (χ0n) is 10.6. The summed E-state index contributed by atoms with van der Waals surface area (Å²) < 4.78 is 16.1. The van der Waals surface area contributed by atoms with Gasteiger partial charge >= 0.3 is 0 Å².